The van der Waals surface area contributed by atoms with E-state index in [1.807, 2.05) is 0 Å². The number of pyridine rings is 1. The second-order valence-electron chi connectivity index (χ2n) is 6.70. The Bertz CT molecular complexity index is 803. The van der Waals surface area contributed by atoms with Crippen molar-refractivity contribution in [2.45, 2.75) is 31.8 Å². The summed E-state index contributed by atoms with van der Waals surface area (Å²) in [4.78, 5) is 26.1. The van der Waals surface area contributed by atoms with E-state index >= 15 is 0 Å². The Morgan fingerprint density at radius 3 is 2.72 bits per heavy atom. The summed E-state index contributed by atoms with van der Waals surface area (Å²) < 4.78 is 13.1. The zero-order chi connectivity index (χ0) is 17.9. The van der Waals surface area contributed by atoms with E-state index in [1.165, 1.54) is 30.5 Å². The first-order chi connectivity index (χ1) is 12.0. The number of aromatic nitrogens is 1. The van der Waals surface area contributed by atoms with Gasteiger partial charge in [0, 0.05) is 29.8 Å². The molecule has 1 aromatic carbocycles. The van der Waals surface area contributed by atoms with Crippen LogP contribution in [-0.2, 0) is 6.42 Å². The van der Waals surface area contributed by atoms with Crippen LogP contribution in [-0.4, -0.2) is 28.6 Å². The third-order valence-corrected chi connectivity index (χ3v) is 4.97. The van der Waals surface area contributed by atoms with Gasteiger partial charge in [-0.1, -0.05) is 18.6 Å². The predicted molar refractivity (Wildman–Crippen MR) is 91.8 cm³/mol. The summed E-state index contributed by atoms with van der Waals surface area (Å²) in [6.45, 7) is 0.303. The minimum absolute atomic E-state index is 0.285. The van der Waals surface area contributed by atoms with Crippen molar-refractivity contribution in [1.29, 1.82) is 0 Å². The van der Waals surface area contributed by atoms with Gasteiger partial charge in [0.05, 0.1) is 6.10 Å². The lowest BCUT2D eigenvalue weighted by molar-refractivity contribution is 0.0500. The number of carbonyl (C=O) groups excluding carboxylic acids is 1. The molecular weight excluding hydrogens is 323 g/mol. The maximum absolute atomic E-state index is 13.1. The molecule has 0 unspecified atom stereocenters. The normalized spacial score (nSPS) is 22.7. The third-order valence-electron chi connectivity index (χ3n) is 4.97. The quantitative estimate of drug-likeness (QED) is 0.776. The van der Waals surface area contributed by atoms with Gasteiger partial charge in [0.1, 0.15) is 5.82 Å². The van der Waals surface area contributed by atoms with Crippen molar-refractivity contribution in [3.8, 4) is 0 Å². The first kappa shape index (κ1) is 17.4. The molecule has 1 aliphatic carbocycles. The van der Waals surface area contributed by atoms with E-state index in [-0.39, 0.29) is 22.8 Å². The van der Waals surface area contributed by atoms with Crippen LogP contribution in [0.1, 0.15) is 35.2 Å². The molecule has 2 aromatic rings. The van der Waals surface area contributed by atoms with Gasteiger partial charge in [-0.3, -0.25) is 9.59 Å². The number of hydrogen-bond donors (Lipinski definition) is 3. The molecule has 0 radical (unpaired) electrons. The van der Waals surface area contributed by atoms with E-state index in [0.29, 0.717) is 19.4 Å². The van der Waals surface area contributed by atoms with E-state index in [4.69, 9.17) is 0 Å². The molecule has 3 N–H and O–H groups in total. The summed E-state index contributed by atoms with van der Waals surface area (Å²) in [6.07, 6.45) is 3.80. The number of hydrogen-bond acceptors (Lipinski definition) is 3. The Balaban J connectivity index is 1.74. The van der Waals surface area contributed by atoms with Gasteiger partial charge in [0.15, 0.2) is 0 Å². The molecule has 6 heteroatoms. The highest BCUT2D eigenvalue weighted by atomic mass is 19.1. The maximum Gasteiger partial charge on any atom is 0.251 e. The largest absolute Gasteiger partial charge is 0.392 e. The Labute approximate surface area is 144 Å². The van der Waals surface area contributed by atoms with Crippen LogP contribution in [0, 0.1) is 11.2 Å². The summed E-state index contributed by atoms with van der Waals surface area (Å²) in [6, 6.07) is 9.00. The molecule has 5 nitrogen and oxygen atoms in total. The zero-order valence-corrected chi connectivity index (χ0v) is 13.8. The fourth-order valence-electron chi connectivity index (χ4n) is 3.55. The van der Waals surface area contributed by atoms with Gasteiger partial charge in [0.2, 0.25) is 5.56 Å². The average Bonchev–Trinajstić information content (AvgIpc) is 2.95. The van der Waals surface area contributed by atoms with Gasteiger partial charge in [-0.25, -0.2) is 4.39 Å². The predicted octanol–water partition coefficient (Wildman–Crippen LogP) is 2.02. The number of amides is 1. The van der Waals surface area contributed by atoms with Crippen LogP contribution in [0.3, 0.4) is 0 Å². The van der Waals surface area contributed by atoms with Gasteiger partial charge in [0.25, 0.3) is 5.91 Å². The molecule has 132 valence electrons. The molecule has 0 aliphatic heterocycles. The maximum atomic E-state index is 13.1. The van der Waals surface area contributed by atoms with Gasteiger partial charge >= 0.3 is 0 Å². The van der Waals surface area contributed by atoms with Crippen molar-refractivity contribution < 1.29 is 14.3 Å². The van der Waals surface area contributed by atoms with Crippen LogP contribution in [0.2, 0.25) is 0 Å². The van der Waals surface area contributed by atoms with Crippen LogP contribution in [0.15, 0.2) is 47.4 Å². The van der Waals surface area contributed by atoms with E-state index in [1.54, 1.807) is 12.1 Å². The standard InChI is InChI=1S/C19H21FN2O3/c20-15-5-3-13(4-6-15)11-19(8-1-2-16(19)23)12-22-18(25)14-7-9-21-17(24)10-14/h3-7,9-10,16,23H,1-2,8,11-12H2,(H,21,24)(H,22,25)/t16-,19-/m1/s1. The Kier molecular flexibility index (Phi) is 4.99. The lowest BCUT2D eigenvalue weighted by Crippen LogP contribution is -2.44. The van der Waals surface area contributed by atoms with E-state index in [9.17, 15) is 19.1 Å². The highest BCUT2D eigenvalue weighted by molar-refractivity contribution is 5.93. The molecule has 1 heterocycles. The highest BCUT2D eigenvalue weighted by Crippen LogP contribution is 2.40. The lowest BCUT2D eigenvalue weighted by atomic mass is 9.78. The van der Waals surface area contributed by atoms with Crippen molar-refractivity contribution in [2.75, 3.05) is 6.54 Å². The molecule has 2 atom stereocenters. The summed E-state index contributed by atoms with van der Waals surface area (Å²) >= 11 is 0. The number of rotatable bonds is 5. The fourth-order valence-corrected chi connectivity index (χ4v) is 3.55. The van der Waals surface area contributed by atoms with Crippen LogP contribution < -0.4 is 10.9 Å². The molecule has 1 saturated carbocycles. The van der Waals surface area contributed by atoms with Crippen molar-refractivity contribution in [3.63, 3.8) is 0 Å². The number of H-pyrrole nitrogens is 1. The van der Waals surface area contributed by atoms with Crippen molar-refractivity contribution in [3.05, 3.63) is 69.9 Å². The van der Waals surface area contributed by atoms with Crippen LogP contribution in [0.5, 0.6) is 0 Å². The lowest BCUT2D eigenvalue weighted by Gasteiger charge is -2.33. The molecule has 25 heavy (non-hydrogen) atoms. The fraction of sp³-hybridized carbons (Fsp3) is 0.368. The first-order valence-corrected chi connectivity index (χ1v) is 8.38. The second kappa shape index (κ2) is 7.19. The molecule has 3 rings (SSSR count). The van der Waals surface area contributed by atoms with Crippen LogP contribution in [0.4, 0.5) is 4.39 Å². The molecule has 1 fully saturated rings. The smallest absolute Gasteiger partial charge is 0.251 e. The molecule has 0 saturated heterocycles. The molecule has 1 aliphatic rings. The number of nitrogens with one attached hydrogen (secondary N) is 2. The Hall–Kier alpha value is -2.47. The average molecular weight is 344 g/mol. The van der Waals surface area contributed by atoms with E-state index < -0.39 is 11.5 Å². The topological polar surface area (TPSA) is 82.2 Å². The van der Waals surface area contributed by atoms with E-state index in [2.05, 4.69) is 10.3 Å². The number of benzene rings is 1. The Morgan fingerprint density at radius 2 is 2.08 bits per heavy atom. The number of halogens is 1. The van der Waals surface area contributed by atoms with E-state index in [0.717, 1.165) is 18.4 Å². The number of aromatic amines is 1. The summed E-state index contributed by atoms with van der Waals surface area (Å²) in [5.41, 5.74) is 0.393. The SMILES string of the molecule is O=C(NC[C@]1(Cc2ccc(F)cc2)CCC[C@H]1O)c1cc[nH]c(=O)c1. The molecule has 1 amide bonds. The number of aliphatic hydroxyl groups excluding tert-OH is 1. The number of carbonyl (C=O) groups is 1. The molecule has 0 spiro atoms. The number of aliphatic hydroxyl groups is 1. The van der Waals surface area contributed by atoms with Gasteiger partial charge in [-0.05, 0) is 43.0 Å². The zero-order valence-electron chi connectivity index (χ0n) is 13.8. The highest BCUT2D eigenvalue weighted by Gasteiger charge is 2.42. The van der Waals surface area contributed by atoms with Gasteiger partial charge < -0.3 is 15.4 Å². The summed E-state index contributed by atoms with van der Waals surface area (Å²) in [7, 11) is 0. The van der Waals surface area contributed by atoms with Crippen molar-refractivity contribution in [1.82, 2.24) is 10.3 Å². The molecule has 0 bridgehead atoms. The summed E-state index contributed by atoms with van der Waals surface area (Å²) in [5, 5.41) is 13.3. The van der Waals surface area contributed by atoms with Crippen LogP contribution >= 0.6 is 0 Å². The minimum atomic E-state index is -0.531. The first-order valence-electron chi connectivity index (χ1n) is 8.38. The molecular formula is C19H21FN2O3. The van der Waals surface area contributed by atoms with Gasteiger partial charge in [-0.2, -0.15) is 0 Å². The second-order valence-corrected chi connectivity index (χ2v) is 6.70. The minimum Gasteiger partial charge on any atom is -0.392 e. The van der Waals surface area contributed by atoms with Gasteiger partial charge in [-0.15, -0.1) is 0 Å². The Morgan fingerprint density at radius 1 is 1.32 bits per heavy atom. The summed E-state index contributed by atoms with van der Waals surface area (Å²) in [5.74, 6) is -0.643. The van der Waals surface area contributed by atoms with Crippen LogP contribution in [0.25, 0.3) is 0 Å². The molecule has 1 aromatic heterocycles. The monoisotopic (exact) mass is 344 g/mol. The third kappa shape index (κ3) is 3.96. The van der Waals surface area contributed by atoms with Crippen molar-refractivity contribution in [2.24, 2.45) is 5.41 Å². The van der Waals surface area contributed by atoms with Crippen molar-refractivity contribution >= 4 is 5.91 Å².